The molecule has 1 aliphatic carbocycles. The number of hydrogen-bond acceptors (Lipinski definition) is 4. The first-order chi connectivity index (χ1) is 14.1. The fourth-order valence-electron chi connectivity index (χ4n) is 4.04. The quantitative estimate of drug-likeness (QED) is 0.815. The van der Waals surface area contributed by atoms with E-state index in [2.05, 4.69) is 18.3 Å². The summed E-state index contributed by atoms with van der Waals surface area (Å²) in [5, 5.41) is 3.02. The normalized spacial score (nSPS) is 18.9. The molecule has 5 nitrogen and oxygen atoms in total. The molecular weight excluding hydrogens is 384 g/mol. The summed E-state index contributed by atoms with van der Waals surface area (Å²) in [6.45, 7) is 5.18. The molecule has 0 unspecified atom stereocenters. The van der Waals surface area contributed by atoms with Gasteiger partial charge in [0.15, 0.2) is 0 Å². The van der Waals surface area contributed by atoms with Gasteiger partial charge in [0.2, 0.25) is 0 Å². The van der Waals surface area contributed by atoms with E-state index in [1.807, 2.05) is 29.2 Å². The maximum Gasteiger partial charge on any atom is 0.261 e. The number of carbonyl (C=O) groups is 2. The van der Waals surface area contributed by atoms with Gasteiger partial charge in [-0.05, 0) is 54.5 Å². The molecule has 29 heavy (non-hydrogen) atoms. The number of aryl methyl sites for hydroxylation is 1. The number of morpholine rings is 1. The van der Waals surface area contributed by atoms with Crippen molar-refractivity contribution in [3.05, 3.63) is 56.8 Å². The highest BCUT2D eigenvalue weighted by molar-refractivity contribution is 7.14. The molecule has 2 amide bonds. The number of thiophene rings is 1. The Labute approximate surface area is 176 Å². The predicted molar refractivity (Wildman–Crippen MR) is 114 cm³/mol. The molecular formula is C23H28N2O3S. The summed E-state index contributed by atoms with van der Waals surface area (Å²) in [4.78, 5) is 29.1. The number of amides is 2. The summed E-state index contributed by atoms with van der Waals surface area (Å²) in [6, 6.07) is 9.60. The first-order valence-electron chi connectivity index (χ1n) is 10.5. The van der Waals surface area contributed by atoms with Crippen molar-refractivity contribution in [2.45, 2.75) is 39.2 Å². The number of hydrogen-bond donors (Lipinski definition) is 1. The molecule has 6 heteroatoms. The Bertz CT molecular complexity index is 869. The maximum atomic E-state index is 12.6. The van der Waals surface area contributed by atoms with Crippen LogP contribution in [0.2, 0.25) is 0 Å². The molecule has 1 fully saturated rings. The van der Waals surface area contributed by atoms with Gasteiger partial charge in [0, 0.05) is 30.1 Å². The summed E-state index contributed by atoms with van der Waals surface area (Å²) in [7, 11) is 0. The highest BCUT2D eigenvalue weighted by Crippen LogP contribution is 2.33. The van der Waals surface area contributed by atoms with E-state index in [-0.39, 0.29) is 11.8 Å². The standard InChI is InChI=1S/C23H28N2O3S/c1-2-16-5-8-20-19(13-16)14-21(29-20)22(26)24-15-17-3-6-18(7-4-17)23(27)25-9-11-28-12-10-25/h3-4,6-7,14,16H,2,5,8-13,15H2,1H3,(H,24,26)/t16-/m1/s1. The second kappa shape index (κ2) is 9.09. The molecule has 1 N–H and O–H groups in total. The molecule has 2 aliphatic rings. The number of benzene rings is 1. The smallest absolute Gasteiger partial charge is 0.261 e. The van der Waals surface area contributed by atoms with E-state index in [0.717, 1.165) is 29.2 Å². The van der Waals surface area contributed by atoms with Gasteiger partial charge in [-0.2, -0.15) is 0 Å². The van der Waals surface area contributed by atoms with Crippen LogP contribution in [0.25, 0.3) is 0 Å². The molecule has 0 saturated carbocycles. The largest absolute Gasteiger partial charge is 0.378 e. The minimum absolute atomic E-state index is 0.00841. The molecule has 2 heterocycles. The van der Waals surface area contributed by atoms with E-state index >= 15 is 0 Å². The predicted octanol–water partition coefficient (Wildman–Crippen LogP) is 3.67. The number of nitrogens with one attached hydrogen (secondary N) is 1. The summed E-state index contributed by atoms with van der Waals surface area (Å²) in [5.74, 6) is 0.788. The molecule has 154 valence electrons. The lowest BCUT2D eigenvalue weighted by atomic mass is 9.87. The van der Waals surface area contributed by atoms with Crippen molar-refractivity contribution in [3.63, 3.8) is 0 Å². The zero-order valence-electron chi connectivity index (χ0n) is 16.9. The Balaban J connectivity index is 1.33. The summed E-state index contributed by atoms with van der Waals surface area (Å²) in [5.41, 5.74) is 3.03. The minimum atomic E-state index is -0.00841. The van der Waals surface area contributed by atoms with Crippen LogP contribution >= 0.6 is 11.3 Å². The van der Waals surface area contributed by atoms with Gasteiger partial charge in [-0.3, -0.25) is 9.59 Å². The molecule has 1 aromatic heterocycles. The average molecular weight is 413 g/mol. The summed E-state index contributed by atoms with van der Waals surface area (Å²) in [6.07, 6.45) is 4.65. The Hall–Kier alpha value is -2.18. The van der Waals surface area contributed by atoms with Gasteiger partial charge in [0.25, 0.3) is 11.8 Å². The number of ether oxygens (including phenoxy) is 1. The zero-order valence-corrected chi connectivity index (χ0v) is 17.7. The Morgan fingerprint density at radius 1 is 1.21 bits per heavy atom. The third kappa shape index (κ3) is 4.70. The second-order valence-electron chi connectivity index (χ2n) is 7.86. The van der Waals surface area contributed by atoms with Gasteiger partial charge in [-0.1, -0.05) is 25.5 Å². The van der Waals surface area contributed by atoms with E-state index in [0.29, 0.717) is 38.4 Å². The first-order valence-corrected chi connectivity index (χ1v) is 11.3. The van der Waals surface area contributed by atoms with E-state index in [1.54, 1.807) is 11.3 Å². The van der Waals surface area contributed by atoms with Crippen molar-refractivity contribution in [2.24, 2.45) is 5.92 Å². The van der Waals surface area contributed by atoms with Crippen molar-refractivity contribution in [2.75, 3.05) is 26.3 Å². The van der Waals surface area contributed by atoms with Crippen molar-refractivity contribution in [1.82, 2.24) is 10.2 Å². The van der Waals surface area contributed by atoms with E-state index < -0.39 is 0 Å². The maximum absolute atomic E-state index is 12.6. The van der Waals surface area contributed by atoms with E-state index in [9.17, 15) is 9.59 Å². The highest BCUT2D eigenvalue weighted by Gasteiger charge is 2.22. The van der Waals surface area contributed by atoms with Crippen LogP contribution in [0, 0.1) is 5.92 Å². The van der Waals surface area contributed by atoms with Crippen LogP contribution in [0.5, 0.6) is 0 Å². The van der Waals surface area contributed by atoms with E-state index in [4.69, 9.17) is 4.74 Å². The molecule has 1 saturated heterocycles. The summed E-state index contributed by atoms with van der Waals surface area (Å²) >= 11 is 1.64. The van der Waals surface area contributed by atoms with E-state index in [1.165, 1.54) is 23.3 Å². The molecule has 4 rings (SSSR count). The van der Waals surface area contributed by atoms with Crippen LogP contribution < -0.4 is 5.32 Å². The van der Waals surface area contributed by atoms with Crippen LogP contribution in [0.4, 0.5) is 0 Å². The van der Waals surface area contributed by atoms with Gasteiger partial charge in [0.05, 0.1) is 18.1 Å². The highest BCUT2D eigenvalue weighted by atomic mass is 32.1. The Morgan fingerprint density at radius 2 is 1.97 bits per heavy atom. The number of nitrogens with zero attached hydrogens (tertiary/aromatic N) is 1. The first kappa shape index (κ1) is 20.1. The van der Waals surface area contributed by atoms with Gasteiger partial charge in [-0.15, -0.1) is 11.3 Å². The molecule has 1 aliphatic heterocycles. The Kier molecular flexibility index (Phi) is 6.31. The molecule has 1 atom stereocenters. The van der Waals surface area contributed by atoms with Gasteiger partial charge in [-0.25, -0.2) is 0 Å². The molecule has 2 aromatic rings. The van der Waals surface area contributed by atoms with Gasteiger partial charge >= 0.3 is 0 Å². The third-order valence-corrected chi connectivity index (χ3v) is 7.17. The van der Waals surface area contributed by atoms with Crippen LogP contribution in [0.15, 0.2) is 30.3 Å². The van der Waals surface area contributed by atoms with Crippen LogP contribution in [0.3, 0.4) is 0 Å². The van der Waals surface area contributed by atoms with Gasteiger partial charge in [0.1, 0.15) is 0 Å². The Morgan fingerprint density at radius 3 is 2.69 bits per heavy atom. The van der Waals surface area contributed by atoms with Crippen molar-refractivity contribution < 1.29 is 14.3 Å². The lowest BCUT2D eigenvalue weighted by Gasteiger charge is -2.26. The topological polar surface area (TPSA) is 58.6 Å². The molecule has 1 aromatic carbocycles. The average Bonchev–Trinajstić information content (AvgIpc) is 3.21. The number of carbonyl (C=O) groups excluding carboxylic acids is 2. The van der Waals surface area contributed by atoms with Crippen LogP contribution in [-0.4, -0.2) is 43.0 Å². The number of rotatable bonds is 5. The summed E-state index contributed by atoms with van der Waals surface area (Å²) < 4.78 is 5.30. The fraction of sp³-hybridized carbons (Fsp3) is 0.478. The zero-order chi connectivity index (χ0) is 20.2. The minimum Gasteiger partial charge on any atom is -0.378 e. The molecule has 0 bridgehead atoms. The van der Waals surface area contributed by atoms with Crippen LogP contribution in [0.1, 0.15) is 55.8 Å². The number of fused-ring (bicyclic) bond motifs is 1. The van der Waals surface area contributed by atoms with Crippen LogP contribution in [-0.2, 0) is 24.1 Å². The molecule has 0 radical (unpaired) electrons. The SMILES string of the molecule is CC[C@@H]1CCc2sc(C(=O)NCc3ccc(C(=O)N4CCOCC4)cc3)cc2C1. The monoisotopic (exact) mass is 412 g/mol. The van der Waals surface area contributed by atoms with Crippen molar-refractivity contribution in [3.8, 4) is 0 Å². The lowest BCUT2D eigenvalue weighted by molar-refractivity contribution is 0.0303. The van der Waals surface area contributed by atoms with Crippen molar-refractivity contribution >= 4 is 23.2 Å². The van der Waals surface area contributed by atoms with Crippen molar-refractivity contribution in [1.29, 1.82) is 0 Å². The van der Waals surface area contributed by atoms with Gasteiger partial charge < -0.3 is 15.0 Å². The lowest BCUT2D eigenvalue weighted by Crippen LogP contribution is -2.40. The molecule has 0 spiro atoms. The third-order valence-electron chi connectivity index (χ3n) is 5.94. The second-order valence-corrected chi connectivity index (χ2v) is 9.00. The fourth-order valence-corrected chi connectivity index (χ4v) is 5.17.